The number of carbonyl (C=O) groups is 1. The molecule has 9 atom stereocenters. The Hall–Kier alpha value is -1.26. The summed E-state index contributed by atoms with van der Waals surface area (Å²) in [5.41, 5.74) is 1.16. The van der Waals surface area contributed by atoms with E-state index >= 15 is 0 Å². The van der Waals surface area contributed by atoms with Gasteiger partial charge in [0.1, 0.15) is 0 Å². The van der Waals surface area contributed by atoms with Gasteiger partial charge in [-0.15, -0.1) is 0 Å². The second-order valence-electron chi connectivity index (χ2n) is 18.3. The first-order chi connectivity index (χ1) is 21.2. The minimum atomic E-state index is -1.91. The van der Waals surface area contributed by atoms with Crippen LogP contribution in [0.4, 0.5) is 0 Å². The number of amides is 1. The normalized spacial score (nSPS) is 31.4. The molecule has 7 heteroatoms. The zero-order valence-electron chi connectivity index (χ0n) is 31.5. The van der Waals surface area contributed by atoms with E-state index in [0.29, 0.717) is 18.4 Å². The van der Waals surface area contributed by atoms with Crippen LogP contribution in [-0.4, -0.2) is 53.0 Å². The first kappa shape index (κ1) is 37.6. The smallest absolute Gasteiger partial charge is 0.224 e. The monoisotopic (exact) mass is 669 g/mol. The second-order valence-corrected chi connectivity index (χ2v) is 27.8. The highest BCUT2D eigenvalue weighted by Crippen LogP contribution is 2.60. The van der Waals surface area contributed by atoms with E-state index in [9.17, 15) is 4.79 Å². The minimum absolute atomic E-state index is 0.00927. The number of nitrogens with one attached hydrogen (secondary N) is 1. The van der Waals surface area contributed by atoms with E-state index in [1.54, 1.807) is 0 Å². The van der Waals surface area contributed by atoms with Gasteiger partial charge in [0.05, 0.1) is 30.3 Å². The predicted molar refractivity (Wildman–Crippen MR) is 197 cm³/mol. The third-order valence-electron chi connectivity index (χ3n) is 12.8. The maximum Gasteiger partial charge on any atom is 0.224 e. The van der Waals surface area contributed by atoms with Crippen molar-refractivity contribution >= 4 is 22.5 Å². The number of hydrogen-bond donors (Lipinski definition) is 1. The van der Waals surface area contributed by atoms with Gasteiger partial charge >= 0.3 is 0 Å². The van der Waals surface area contributed by atoms with E-state index in [1.807, 2.05) is 0 Å². The topological polar surface area (TPSA) is 60.1 Å². The summed E-state index contributed by atoms with van der Waals surface area (Å²) in [5.74, 6) is 1.56. The molecule has 3 fully saturated rings. The maximum atomic E-state index is 13.4. The fourth-order valence-electron chi connectivity index (χ4n) is 7.37. The zero-order valence-corrected chi connectivity index (χ0v) is 33.5. The van der Waals surface area contributed by atoms with Gasteiger partial charge in [0.2, 0.25) is 5.91 Å². The molecule has 0 spiro atoms. The van der Waals surface area contributed by atoms with Crippen LogP contribution in [0.2, 0.25) is 36.3 Å². The van der Waals surface area contributed by atoms with Gasteiger partial charge in [-0.3, -0.25) is 4.79 Å². The van der Waals surface area contributed by atoms with Gasteiger partial charge in [-0.2, -0.15) is 0 Å². The van der Waals surface area contributed by atoms with Crippen LogP contribution in [0.15, 0.2) is 42.5 Å². The van der Waals surface area contributed by atoms with Gasteiger partial charge in [0.25, 0.3) is 0 Å². The molecule has 1 saturated carbocycles. The fraction of sp³-hybridized carbons (Fsp3) is 0.769. The average Bonchev–Trinajstić information content (AvgIpc) is 3.54. The van der Waals surface area contributed by atoms with Crippen LogP contribution in [0.1, 0.15) is 93.6 Å². The van der Waals surface area contributed by atoms with E-state index in [4.69, 9.17) is 13.6 Å². The summed E-state index contributed by atoms with van der Waals surface area (Å²) < 4.78 is 20.1. The highest BCUT2D eigenvalue weighted by atomic mass is 28.4. The molecular weight excluding hydrogens is 603 g/mol. The summed E-state index contributed by atoms with van der Waals surface area (Å²) in [4.78, 5) is 13.4. The number of fused-ring (bicyclic) bond motifs is 2. The Bertz CT molecular complexity index is 1200. The van der Waals surface area contributed by atoms with Crippen LogP contribution in [0.5, 0.6) is 0 Å². The third-order valence-corrected chi connectivity index (χ3v) is 21.8. The number of ether oxygens (including phenoxy) is 1. The van der Waals surface area contributed by atoms with Crippen LogP contribution in [0.3, 0.4) is 0 Å². The summed E-state index contributed by atoms with van der Waals surface area (Å²) in [6.45, 7) is 30.9. The molecule has 1 aromatic rings. The highest BCUT2D eigenvalue weighted by molar-refractivity contribution is 6.74. The Morgan fingerprint density at radius 3 is 2.24 bits per heavy atom. The van der Waals surface area contributed by atoms with Gasteiger partial charge in [-0.1, -0.05) is 111 Å². The SMILES string of the molecule is C[C@@H](C/C=C/[C@@H]1[C@@H]2C(=O)N[C@@H](Cc3ccccc3)[C@@H]2[C@H](C)[C@@]2(C)O[C@@H]12)CCC[C@H](CO[Si](C)(C)C(C)(C)C)O[Si](C)(C)C(C)(C)C. The van der Waals surface area contributed by atoms with Gasteiger partial charge in [-0.25, -0.2) is 0 Å². The van der Waals surface area contributed by atoms with Crippen LogP contribution in [0, 0.1) is 29.6 Å². The summed E-state index contributed by atoms with van der Waals surface area (Å²) in [6, 6.07) is 10.7. The fourth-order valence-corrected chi connectivity index (χ4v) is 9.78. The quantitative estimate of drug-likeness (QED) is 0.122. The van der Waals surface area contributed by atoms with Gasteiger partial charge in [0, 0.05) is 12.0 Å². The minimum Gasteiger partial charge on any atom is -0.414 e. The van der Waals surface area contributed by atoms with Crippen LogP contribution >= 0.6 is 0 Å². The summed E-state index contributed by atoms with van der Waals surface area (Å²) in [6.07, 6.45) is 10.2. The standard InChI is InChI=1S/C39H67NO4Si2/c1-27(19-17-23-30(44-46(12,13)38(6,7)8)26-42-45(10,11)37(3,4)5)20-18-24-31-34-33(28(2)39(9)35(31)43-39)32(40-36(34)41)25-29-21-15-14-16-22-29/h14-16,18,21-22,24,27-28,30-35H,17,19-20,23,25-26H2,1-13H3,(H,40,41)/b24-18+/t27-,28+,30-,31-,32+,33+,34+,35+,39-/m1/s1. The molecule has 1 aromatic carbocycles. The second kappa shape index (κ2) is 13.9. The Balaban J connectivity index is 1.34. The number of epoxide rings is 1. The lowest BCUT2D eigenvalue weighted by Crippen LogP contribution is -2.47. The third kappa shape index (κ3) is 8.30. The molecule has 2 saturated heterocycles. The van der Waals surface area contributed by atoms with Crippen molar-refractivity contribution in [3.8, 4) is 0 Å². The Morgan fingerprint density at radius 2 is 1.63 bits per heavy atom. The van der Waals surface area contributed by atoms with Crippen molar-refractivity contribution in [3.05, 3.63) is 48.0 Å². The van der Waals surface area contributed by atoms with Crippen molar-refractivity contribution in [3.63, 3.8) is 0 Å². The van der Waals surface area contributed by atoms with E-state index in [0.717, 1.165) is 32.1 Å². The first-order valence-corrected chi connectivity index (χ1v) is 24.0. The molecule has 0 radical (unpaired) electrons. The number of carbonyl (C=O) groups excluding carboxylic acids is 1. The Morgan fingerprint density at radius 1 is 1.00 bits per heavy atom. The van der Waals surface area contributed by atoms with Crippen molar-refractivity contribution in [1.29, 1.82) is 0 Å². The number of hydrogen-bond acceptors (Lipinski definition) is 4. The molecule has 46 heavy (non-hydrogen) atoms. The lowest BCUT2D eigenvalue weighted by molar-refractivity contribution is -0.125. The maximum absolute atomic E-state index is 13.4. The van der Waals surface area contributed by atoms with E-state index < -0.39 is 16.6 Å². The molecule has 2 aliphatic heterocycles. The number of allylic oxidation sites excluding steroid dienone is 1. The molecule has 1 amide bonds. The Labute approximate surface area is 284 Å². The molecule has 0 unspecified atom stereocenters. The van der Waals surface area contributed by atoms with Gasteiger partial charge in [-0.05, 0) is 85.8 Å². The zero-order chi connectivity index (χ0) is 34.3. The van der Waals surface area contributed by atoms with Gasteiger partial charge in [0.15, 0.2) is 16.6 Å². The predicted octanol–water partition coefficient (Wildman–Crippen LogP) is 9.55. The summed E-state index contributed by atoms with van der Waals surface area (Å²) in [7, 11) is -3.75. The van der Waals surface area contributed by atoms with Crippen molar-refractivity contribution in [2.24, 2.45) is 29.6 Å². The van der Waals surface area contributed by atoms with E-state index in [-0.39, 0.29) is 57.6 Å². The van der Waals surface area contributed by atoms with Crippen molar-refractivity contribution in [2.45, 2.75) is 155 Å². The highest BCUT2D eigenvalue weighted by Gasteiger charge is 2.70. The molecule has 1 aliphatic carbocycles. The largest absolute Gasteiger partial charge is 0.414 e. The molecule has 3 aliphatic rings. The van der Waals surface area contributed by atoms with Crippen molar-refractivity contribution in [1.82, 2.24) is 5.32 Å². The Kier molecular flexibility index (Phi) is 11.4. The first-order valence-electron chi connectivity index (χ1n) is 18.2. The molecule has 4 rings (SSSR count). The molecule has 2 heterocycles. The van der Waals surface area contributed by atoms with Crippen molar-refractivity contribution in [2.75, 3.05) is 6.61 Å². The van der Waals surface area contributed by atoms with Crippen LogP contribution < -0.4 is 5.32 Å². The molecule has 0 bridgehead atoms. The molecule has 260 valence electrons. The lowest BCUT2D eigenvalue weighted by Gasteiger charge is -2.41. The molecular formula is C39H67NO4Si2. The molecule has 1 N–H and O–H groups in total. The van der Waals surface area contributed by atoms with Crippen LogP contribution in [0.25, 0.3) is 0 Å². The average molecular weight is 670 g/mol. The van der Waals surface area contributed by atoms with Crippen LogP contribution in [-0.2, 0) is 24.8 Å². The van der Waals surface area contributed by atoms with Gasteiger partial charge < -0.3 is 18.9 Å². The van der Waals surface area contributed by atoms with E-state index in [1.165, 1.54) is 5.56 Å². The summed E-state index contributed by atoms with van der Waals surface area (Å²) in [5, 5.41) is 3.78. The molecule has 0 aromatic heterocycles. The number of rotatable bonds is 14. The summed E-state index contributed by atoms with van der Waals surface area (Å²) >= 11 is 0. The van der Waals surface area contributed by atoms with Crippen molar-refractivity contribution < 1.29 is 18.4 Å². The molecule has 5 nitrogen and oxygen atoms in total. The number of benzene rings is 1. The van der Waals surface area contributed by atoms with E-state index in [2.05, 4.69) is 136 Å². The lowest BCUT2D eigenvalue weighted by atomic mass is 9.61.